The van der Waals surface area contributed by atoms with Crippen LogP contribution in [0.3, 0.4) is 0 Å². The van der Waals surface area contributed by atoms with Crippen molar-refractivity contribution in [1.29, 1.82) is 0 Å². The predicted octanol–water partition coefficient (Wildman–Crippen LogP) is 3.59. The first-order valence-corrected chi connectivity index (χ1v) is 8.87. The summed E-state index contributed by atoms with van der Waals surface area (Å²) in [5.74, 6) is 1.39. The number of hydrogen-bond donors (Lipinski definition) is 2. The van der Waals surface area contributed by atoms with Gasteiger partial charge in [0.1, 0.15) is 11.6 Å². The first kappa shape index (κ1) is 16.8. The molecule has 0 unspecified atom stereocenters. The lowest BCUT2D eigenvalue weighted by Gasteiger charge is -2.26. The van der Waals surface area contributed by atoms with Crippen molar-refractivity contribution < 1.29 is 4.74 Å². The summed E-state index contributed by atoms with van der Waals surface area (Å²) in [5.41, 5.74) is 10.4. The number of rotatable bonds is 7. The highest BCUT2D eigenvalue weighted by molar-refractivity contribution is 5.70. The van der Waals surface area contributed by atoms with Crippen LogP contribution >= 0.6 is 0 Å². The van der Waals surface area contributed by atoms with Crippen molar-refractivity contribution >= 4 is 5.82 Å². The lowest BCUT2D eigenvalue weighted by molar-refractivity contribution is 0.342. The van der Waals surface area contributed by atoms with Crippen molar-refractivity contribution in [2.45, 2.75) is 45.1 Å². The maximum Gasteiger partial charge on any atom is 0.128 e. The number of benzene rings is 1. The summed E-state index contributed by atoms with van der Waals surface area (Å²) < 4.78 is 5.64. The maximum atomic E-state index is 5.84. The van der Waals surface area contributed by atoms with Crippen molar-refractivity contribution in [1.82, 2.24) is 10.3 Å². The fourth-order valence-corrected chi connectivity index (χ4v) is 3.22. The molecule has 1 aromatic carbocycles. The fraction of sp³-hybridized carbons (Fsp3) is 0.450. The van der Waals surface area contributed by atoms with Gasteiger partial charge in [-0.3, -0.25) is 0 Å². The molecular formula is C20H27N3O. The molecule has 1 saturated carbocycles. The molecule has 0 spiro atoms. The first-order chi connectivity index (χ1) is 11.7. The molecule has 1 fully saturated rings. The Labute approximate surface area is 144 Å². The molecule has 4 heteroatoms. The number of nitrogens with zero attached hydrogens (tertiary/aromatic N) is 1. The predicted molar refractivity (Wildman–Crippen MR) is 99.4 cm³/mol. The van der Waals surface area contributed by atoms with Crippen molar-refractivity contribution in [3.63, 3.8) is 0 Å². The summed E-state index contributed by atoms with van der Waals surface area (Å²) in [6.45, 7) is 3.22. The third-order valence-corrected chi connectivity index (χ3v) is 4.88. The molecule has 128 valence electrons. The van der Waals surface area contributed by atoms with Gasteiger partial charge in [0.15, 0.2) is 0 Å². The molecule has 0 bridgehead atoms. The largest absolute Gasteiger partial charge is 0.496 e. The van der Waals surface area contributed by atoms with Crippen LogP contribution in [-0.2, 0) is 12.8 Å². The van der Waals surface area contributed by atoms with Gasteiger partial charge in [0.05, 0.1) is 12.8 Å². The third kappa shape index (κ3) is 3.70. The number of hydrogen-bond acceptors (Lipinski definition) is 4. The number of methoxy groups -OCH3 is 1. The molecule has 0 aliphatic heterocycles. The van der Waals surface area contributed by atoms with Gasteiger partial charge in [-0.2, -0.15) is 0 Å². The topological polar surface area (TPSA) is 60.2 Å². The molecule has 4 nitrogen and oxygen atoms in total. The Hall–Kier alpha value is -2.07. The van der Waals surface area contributed by atoms with Gasteiger partial charge < -0.3 is 15.8 Å². The maximum absolute atomic E-state index is 5.84. The molecule has 2 aromatic rings. The SMILES string of the molecule is CCc1cc(-c2cccc(N)n2)c(OC)cc1CCNC1CCC1. The molecular weight excluding hydrogens is 298 g/mol. The Morgan fingerprint density at radius 3 is 2.71 bits per heavy atom. The molecule has 0 amide bonds. The number of nitrogens with one attached hydrogen (secondary N) is 1. The number of pyridine rings is 1. The highest BCUT2D eigenvalue weighted by atomic mass is 16.5. The van der Waals surface area contributed by atoms with Gasteiger partial charge in [-0.05, 0) is 67.6 Å². The molecule has 0 radical (unpaired) electrons. The molecule has 0 atom stereocenters. The summed E-state index contributed by atoms with van der Waals surface area (Å²) in [6, 6.07) is 10.8. The van der Waals surface area contributed by atoms with Gasteiger partial charge in [-0.15, -0.1) is 0 Å². The van der Waals surface area contributed by atoms with Crippen molar-refractivity contribution in [2.24, 2.45) is 0 Å². The lowest BCUT2D eigenvalue weighted by Crippen LogP contribution is -2.36. The van der Waals surface area contributed by atoms with Gasteiger partial charge in [0, 0.05) is 11.6 Å². The van der Waals surface area contributed by atoms with Crippen LogP contribution in [-0.4, -0.2) is 24.7 Å². The quantitative estimate of drug-likeness (QED) is 0.817. The second-order valence-electron chi connectivity index (χ2n) is 6.45. The van der Waals surface area contributed by atoms with Crippen LogP contribution in [0.15, 0.2) is 30.3 Å². The van der Waals surface area contributed by atoms with Crippen molar-refractivity contribution in [3.8, 4) is 17.0 Å². The van der Waals surface area contributed by atoms with E-state index in [1.54, 1.807) is 13.2 Å². The number of anilines is 1. The Morgan fingerprint density at radius 2 is 2.08 bits per heavy atom. The lowest BCUT2D eigenvalue weighted by atomic mass is 9.92. The van der Waals surface area contributed by atoms with E-state index in [0.29, 0.717) is 5.82 Å². The van der Waals surface area contributed by atoms with Gasteiger partial charge in [-0.1, -0.05) is 19.4 Å². The number of ether oxygens (including phenoxy) is 1. The van der Waals surface area contributed by atoms with Crippen molar-refractivity contribution in [2.75, 3.05) is 19.4 Å². The molecule has 24 heavy (non-hydrogen) atoms. The zero-order valence-electron chi connectivity index (χ0n) is 14.6. The minimum absolute atomic E-state index is 0.529. The number of nitrogen functional groups attached to an aromatic ring is 1. The van der Waals surface area contributed by atoms with Gasteiger partial charge in [0.2, 0.25) is 0 Å². The van der Waals surface area contributed by atoms with Crippen LogP contribution in [0.5, 0.6) is 5.75 Å². The molecule has 0 saturated heterocycles. The molecule has 1 heterocycles. The molecule has 1 aromatic heterocycles. The molecule has 3 rings (SSSR count). The molecule has 1 aliphatic rings. The van der Waals surface area contributed by atoms with E-state index < -0.39 is 0 Å². The second-order valence-corrected chi connectivity index (χ2v) is 6.45. The molecule has 1 aliphatic carbocycles. The van der Waals surface area contributed by atoms with Crippen molar-refractivity contribution in [3.05, 3.63) is 41.5 Å². The Balaban J connectivity index is 1.84. The number of aromatic nitrogens is 1. The first-order valence-electron chi connectivity index (χ1n) is 8.87. The Bertz CT molecular complexity index is 695. The third-order valence-electron chi connectivity index (χ3n) is 4.88. The van der Waals surface area contributed by atoms with E-state index in [1.165, 1.54) is 30.4 Å². The average molecular weight is 325 g/mol. The zero-order chi connectivity index (χ0) is 16.9. The van der Waals surface area contributed by atoms with E-state index >= 15 is 0 Å². The van der Waals surface area contributed by atoms with Crippen LogP contribution < -0.4 is 15.8 Å². The second kappa shape index (κ2) is 7.67. The Kier molecular flexibility index (Phi) is 5.36. The normalized spacial score (nSPS) is 14.4. The molecule has 3 N–H and O–H groups in total. The van der Waals surface area contributed by atoms with E-state index in [2.05, 4.69) is 29.4 Å². The van der Waals surface area contributed by atoms with Crippen LogP contribution in [0.2, 0.25) is 0 Å². The monoisotopic (exact) mass is 325 g/mol. The van der Waals surface area contributed by atoms with E-state index in [0.717, 1.165) is 42.4 Å². The zero-order valence-corrected chi connectivity index (χ0v) is 14.6. The van der Waals surface area contributed by atoms with Crippen LogP contribution in [0, 0.1) is 0 Å². The van der Waals surface area contributed by atoms with E-state index in [1.807, 2.05) is 12.1 Å². The van der Waals surface area contributed by atoms with Gasteiger partial charge >= 0.3 is 0 Å². The summed E-state index contributed by atoms with van der Waals surface area (Å²) >= 11 is 0. The minimum Gasteiger partial charge on any atom is -0.496 e. The van der Waals surface area contributed by atoms with Crippen LogP contribution in [0.4, 0.5) is 5.82 Å². The van der Waals surface area contributed by atoms with E-state index in [4.69, 9.17) is 10.5 Å². The fourth-order valence-electron chi connectivity index (χ4n) is 3.22. The number of nitrogens with two attached hydrogens (primary N) is 1. The summed E-state index contributed by atoms with van der Waals surface area (Å²) in [4.78, 5) is 4.45. The summed E-state index contributed by atoms with van der Waals surface area (Å²) in [7, 11) is 1.72. The van der Waals surface area contributed by atoms with E-state index in [-0.39, 0.29) is 0 Å². The van der Waals surface area contributed by atoms with E-state index in [9.17, 15) is 0 Å². The van der Waals surface area contributed by atoms with Gasteiger partial charge in [0.25, 0.3) is 0 Å². The van der Waals surface area contributed by atoms with Crippen LogP contribution in [0.25, 0.3) is 11.3 Å². The smallest absolute Gasteiger partial charge is 0.128 e. The summed E-state index contributed by atoms with van der Waals surface area (Å²) in [5, 5.41) is 3.64. The highest BCUT2D eigenvalue weighted by Crippen LogP contribution is 2.33. The Morgan fingerprint density at radius 1 is 1.25 bits per heavy atom. The highest BCUT2D eigenvalue weighted by Gasteiger charge is 2.17. The van der Waals surface area contributed by atoms with Gasteiger partial charge in [-0.25, -0.2) is 4.98 Å². The van der Waals surface area contributed by atoms with Crippen LogP contribution in [0.1, 0.15) is 37.3 Å². The number of aryl methyl sites for hydroxylation is 1. The average Bonchev–Trinajstić information content (AvgIpc) is 2.56. The standard InChI is InChI=1S/C20H27N3O/c1-3-14-12-17(18-8-5-9-20(21)23-18)19(24-2)13-15(14)10-11-22-16-6-4-7-16/h5,8-9,12-13,16,22H,3-4,6-7,10-11H2,1-2H3,(H2,21,23). The minimum atomic E-state index is 0.529. The summed E-state index contributed by atoms with van der Waals surface area (Å²) in [6.07, 6.45) is 6.04.